The van der Waals surface area contributed by atoms with E-state index in [-0.39, 0.29) is 11.8 Å². The van der Waals surface area contributed by atoms with E-state index in [0.29, 0.717) is 19.5 Å². The molecule has 2 unspecified atom stereocenters. The summed E-state index contributed by atoms with van der Waals surface area (Å²) < 4.78 is 0. The van der Waals surface area contributed by atoms with Crippen molar-refractivity contribution in [3.63, 3.8) is 0 Å². The first-order chi connectivity index (χ1) is 10.7. The van der Waals surface area contributed by atoms with Gasteiger partial charge in [0, 0.05) is 18.8 Å². The Morgan fingerprint density at radius 1 is 1.18 bits per heavy atom. The third-order valence-electron chi connectivity index (χ3n) is 4.26. The monoisotopic (exact) mass is 296 g/mol. The van der Waals surface area contributed by atoms with Crippen molar-refractivity contribution in [2.45, 2.75) is 18.4 Å². The molecule has 1 amide bonds. The molecule has 0 saturated heterocycles. The molecule has 0 radical (unpaired) electrons. The third kappa shape index (κ3) is 2.83. The van der Waals surface area contributed by atoms with Crippen molar-refractivity contribution in [1.82, 2.24) is 0 Å². The predicted octanol–water partition coefficient (Wildman–Crippen LogP) is 2.20. The fourth-order valence-electron chi connectivity index (χ4n) is 3.11. The molecule has 4 nitrogen and oxygen atoms in total. The number of β-amino-alcohol motifs (C(OH)–C–C–N with tert-alkyl or cyclic N) is 1. The van der Waals surface area contributed by atoms with E-state index in [2.05, 4.69) is 4.90 Å². The van der Waals surface area contributed by atoms with Gasteiger partial charge in [-0.2, -0.15) is 0 Å². The lowest BCUT2D eigenvalue weighted by molar-refractivity contribution is -0.119. The second-order valence-corrected chi connectivity index (χ2v) is 5.67. The number of aliphatic hydroxyl groups excluding tert-OH is 1. The highest BCUT2D eigenvalue weighted by atomic mass is 16.3. The number of hydrogen-bond donors (Lipinski definition) is 2. The number of aliphatic hydroxyl groups is 1. The van der Waals surface area contributed by atoms with Crippen LogP contribution in [0.25, 0.3) is 0 Å². The highest BCUT2D eigenvalue weighted by Crippen LogP contribution is 2.35. The quantitative estimate of drug-likeness (QED) is 0.909. The molecule has 2 atom stereocenters. The van der Waals surface area contributed by atoms with Crippen LogP contribution in [-0.4, -0.2) is 24.1 Å². The molecular weight excluding hydrogens is 276 g/mol. The van der Waals surface area contributed by atoms with E-state index in [0.717, 1.165) is 16.8 Å². The van der Waals surface area contributed by atoms with E-state index in [4.69, 9.17) is 5.73 Å². The van der Waals surface area contributed by atoms with Crippen molar-refractivity contribution in [3.8, 4) is 0 Å². The van der Waals surface area contributed by atoms with Crippen molar-refractivity contribution in [1.29, 1.82) is 0 Å². The Balaban J connectivity index is 1.83. The van der Waals surface area contributed by atoms with Crippen LogP contribution in [0.15, 0.2) is 54.6 Å². The van der Waals surface area contributed by atoms with E-state index < -0.39 is 6.10 Å². The van der Waals surface area contributed by atoms with E-state index in [1.54, 1.807) is 0 Å². The van der Waals surface area contributed by atoms with Crippen molar-refractivity contribution >= 4 is 11.6 Å². The second-order valence-electron chi connectivity index (χ2n) is 5.67. The summed E-state index contributed by atoms with van der Waals surface area (Å²) in [6.45, 7) is 1.22. The van der Waals surface area contributed by atoms with Crippen LogP contribution < -0.4 is 10.6 Å². The number of anilines is 1. The maximum atomic E-state index is 11.6. The van der Waals surface area contributed by atoms with E-state index in [1.807, 2.05) is 54.6 Å². The molecule has 0 fully saturated rings. The number of para-hydroxylation sites is 1. The van der Waals surface area contributed by atoms with Gasteiger partial charge in [0.25, 0.3) is 0 Å². The van der Waals surface area contributed by atoms with Crippen LogP contribution in [0, 0.1) is 0 Å². The number of nitrogens with zero attached hydrogens (tertiary/aromatic N) is 1. The summed E-state index contributed by atoms with van der Waals surface area (Å²) in [4.78, 5) is 13.8. The summed E-state index contributed by atoms with van der Waals surface area (Å²) in [5, 5.41) is 10.4. The maximum absolute atomic E-state index is 11.6. The Kier molecular flexibility index (Phi) is 4.11. The van der Waals surface area contributed by atoms with Gasteiger partial charge in [-0.3, -0.25) is 4.79 Å². The predicted molar refractivity (Wildman–Crippen MR) is 86.6 cm³/mol. The van der Waals surface area contributed by atoms with Crippen molar-refractivity contribution in [3.05, 3.63) is 65.7 Å². The van der Waals surface area contributed by atoms with Crippen LogP contribution in [0.4, 0.5) is 5.69 Å². The number of carbonyl (C=O) groups excluding carboxylic acids is 1. The average Bonchev–Trinajstić information content (AvgIpc) is 2.55. The zero-order valence-corrected chi connectivity index (χ0v) is 12.4. The molecule has 3 N–H and O–H groups in total. The molecule has 0 aromatic heterocycles. The van der Waals surface area contributed by atoms with Gasteiger partial charge in [-0.25, -0.2) is 0 Å². The Morgan fingerprint density at radius 2 is 1.86 bits per heavy atom. The van der Waals surface area contributed by atoms with E-state index in [1.165, 1.54) is 0 Å². The summed E-state index contributed by atoms with van der Waals surface area (Å²) in [6, 6.07) is 17.4. The SMILES string of the molecule is NC(=O)C1CCN(CC(O)c2ccccc2)c2ccccc21. The van der Waals surface area contributed by atoms with Gasteiger partial charge < -0.3 is 15.7 Å². The highest BCUT2D eigenvalue weighted by molar-refractivity contribution is 5.85. The van der Waals surface area contributed by atoms with Crippen molar-refractivity contribution in [2.75, 3.05) is 18.0 Å². The fourth-order valence-corrected chi connectivity index (χ4v) is 3.11. The maximum Gasteiger partial charge on any atom is 0.225 e. The third-order valence-corrected chi connectivity index (χ3v) is 4.26. The van der Waals surface area contributed by atoms with Crippen molar-refractivity contribution < 1.29 is 9.90 Å². The first-order valence-electron chi connectivity index (χ1n) is 7.53. The topological polar surface area (TPSA) is 66.6 Å². The minimum absolute atomic E-state index is 0.235. The fraction of sp³-hybridized carbons (Fsp3) is 0.278. The van der Waals surface area contributed by atoms with Gasteiger partial charge in [0.15, 0.2) is 0 Å². The Bertz CT molecular complexity index is 657. The normalized spacial score (nSPS) is 18.6. The van der Waals surface area contributed by atoms with Crippen LogP contribution in [0.1, 0.15) is 29.6 Å². The molecular formula is C18H20N2O2. The molecule has 0 bridgehead atoms. The van der Waals surface area contributed by atoms with Gasteiger partial charge in [-0.15, -0.1) is 0 Å². The molecule has 3 rings (SSSR count). The Labute approximate surface area is 130 Å². The second kappa shape index (κ2) is 6.20. The van der Waals surface area contributed by atoms with Gasteiger partial charge >= 0.3 is 0 Å². The lowest BCUT2D eigenvalue weighted by atomic mass is 9.89. The number of amides is 1. The average molecular weight is 296 g/mol. The van der Waals surface area contributed by atoms with Gasteiger partial charge in [-0.1, -0.05) is 48.5 Å². The Hall–Kier alpha value is -2.33. The number of fused-ring (bicyclic) bond motifs is 1. The Morgan fingerprint density at radius 3 is 2.59 bits per heavy atom. The molecule has 1 aliphatic heterocycles. The van der Waals surface area contributed by atoms with Crippen LogP contribution in [0.3, 0.4) is 0 Å². The van der Waals surface area contributed by atoms with Gasteiger partial charge in [0.05, 0.1) is 12.0 Å². The number of carbonyl (C=O) groups is 1. The largest absolute Gasteiger partial charge is 0.387 e. The van der Waals surface area contributed by atoms with Crippen LogP contribution in [0.2, 0.25) is 0 Å². The van der Waals surface area contributed by atoms with E-state index in [9.17, 15) is 9.90 Å². The number of rotatable bonds is 4. The van der Waals surface area contributed by atoms with Gasteiger partial charge in [-0.05, 0) is 23.6 Å². The summed E-state index contributed by atoms with van der Waals surface area (Å²) in [6.07, 6.45) is 0.132. The van der Waals surface area contributed by atoms with Gasteiger partial charge in [0.1, 0.15) is 0 Å². The molecule has 1 heterocycles. The first kappa shape index (κ1) is 14.6. The molecule has 4 heteroatoms. The molecule has 0 saturated carbocycles. The number of benzene rings is 2. The van der Waals surface area contributed by atoms with Crippen LogP contribution in [-0.2, 0) is 4.79 Å². The highest BCUT2D eigenvalue weighted by Gasteiger charge is 2.29. The number of hydrogen-bond acceptors (Lipinski definition) is 3. The summed E-state index contributed by atoms with van der Waals surface area (Å²) in [7, 11) is 0. The minimum Gasteiger partial charge on any atom is -0.387 e. The number of primary amides is 1. The van der Waals surface area contributed by atoms with E-state index >= 15 is 0 Å². The minimum atomic E-state index is -0.556. The zero-order chi connectivity index (χ0) is 15.5. The molecule has 1 aliphatic rings. The lowest BCUT2D eigenvalue weighted by Crippen LogP contribution is -2.37. The molecule has 2 aromatic rings. The molecule has 0 aliphatic carbocycles. The first-order valence-corrected chi connectivity index (χ1v) is 7.53. The summed E-state index contributed by atoms with van der Waals surface area (Å²) in [5.41, 5.74) is 8.37. The lowest BCUT2D eigenvalue weighted by Gasteiger charge is -2.35. The standard InChI is InChI=1S/C18H20N2O2/c19-18(22)15-10-11-20(16-9-5-4-8-14(15)16)12-17(21)13-6-2-1-3-7-13/h1-9,15,17,21H,10-12H2,(H2,19,22). The molecule has 114 valence electrons. The summed E-state index contributed by atoms with van der Waals surface area (Å²) in [5.74, 6) is -0.517. The van der Waals surface area contributed by atoms with Crippen LogP contribution >= 0.6 is 0 Å². The number of nitrogens with two attached hydrogens (primary N) is 1. The molecule has 2 aromatic carbocycles. The van der Waals surface area contributed by atoms with Gasteiger partial charge in [0.2, 0.25) is 5.91 Å². The summed E-state index contributed by atoms with van der Waals surface area (Å²) >= 11 is 0. The van der Waals surface area contributed by atoms with Crippen LogP contribution in [0.5, 0.6) is 0 Å². The smallest absolute Gasteiger partial charge is 0.225 e. The molecule has 22 heavy (non-hydrogen) atoms. The zero-order valence-electron chi connectivity index (χ0n) is 12.4. The molecule has 0 spiro atoms. The van der Waals surface area contributed by atoms with Crippen molar-refractivity contribution in [2.24, 2.45) is 5.73 Å².